The van der Waals surface area contributed by atoms with Crippen molar-refractivity contribution in [3.63, 3.8) is 0 Å². The summed E-state index contributed by atoms with van der Waals surface area (Å²) in [5, 5.41) is 0. The lowest BCUT2D eigenvalue weighted by atomic mass is 9.89. The zero-order valence-corrected chi connectivity index (χ0v) is 23.0. The molecule has 0 aromatic heterocycles. The van der Waals surface area contributed by atoms with Crippen molar-refractivity contribution in [1.82, 2.24) is 0 Å². The fourth-order valence-corrected chi connectivity index (χ4v) is 4.06. The number of esters is 1. The first-order valence-corrected chi connectivity index (χ1v) is 12.5. The van der Waals surface area contributed by atoms with Gasteiger partial charge in [0.05, 0.1) is 19.3 Å². The molecule has 3 atom stereocenters. The van der Waals surface area contributed by atoms with E-state index in [1.807, 2.05) is 36.4 Å². The third kappa shape index (κ3) is 15.2. The van der Waals surface area contributed by atoms with Crippen molar-refractivity contribution in [1.29, 1.82) is 0 Å². The summed E-state index contributed by atoms with van der Waals surface area (Å²) in [7, 11) is 4.64. The number of carbonyl (C=O) groups is 3. The van der Waals surface area contributed by atoms with Crippen LogP contribution >= 0.6 is 0 Å². The largest absolute Gasteiger partial charge is 0.469 e. The Kier molecular flexibility index (Phi) is 18.8. The number of hydrogen-bond donors (Lipinski definition) is 0. The highest BCUT2D eigenvalue weighted by atomic mass is 16.5. The van der Waals surface area contributed by atoms with Gasteiger partial charge in [0, 0.05) is 41.4 Å². The Morgan fingerprint density at radius 2 is 1.24 bits per heavy atom. The van der Waals surface area contributed by atoms with Crippen LogP contribution in [0.5, 0.6) is 0 Å². The first-order chi connectivity index (χ1) is 17.3. The molecule has 3 radical (unpaired) electrons. The minimum absolute atomic E-state index is 0. The van der Waals surface area contributed by atoms with E-state index < -0.39 is 0 Å². The molecule has 0 aliphatic rings. The Morgan fingerprint density at radius 1 is 0.730 bits per heavy atom. The van der Waals surface area contributed by atoms with E-state index in [1.54, 1.807) is 28.1 Å². The summed E-state index contributed by atoms with van der Waals surface area (Å²) in [6.45, 7) is 3.16. The van der Waals surface area contributed by atoms with Crippen molar-refractivity contribution in [3.05, 3.63) is 71.8 Å². The molecule has 2 rings (SSSR count). The highest BCUT2D eigenvalue weighted by Crippen LogP contribution is 2.21. The van der Waals surface area contributed by atoms with Gasteiger partial charge in [0.15, 0.2) is 0 Å². The zero-order valence-electron chi connectivity index (χ0n) is 23.0. The third-order valence-electron chi connectivity index (χ3n) is 6.17. The summed E-state index contributed by atoms with van der Waals surface area (Å²) in [5.74, 6) is -0.314. The van der Waals surface area contributed by atoms with E-state index in [4.69, 9.17) is 9.47 Å². The lowest BCUT2D eigenvalue weighted by Crippen LogP contribution is -2.30. The third-order valence-corrected chi connectivity index (χ3v) is 6.17. The fraction of sp³-hybridized carbons (Fsp3) is 0.500. The molecule has 0 heterocycles. The predicted octanol–water partition coefficient (Wildman–Crippen LogP) is 5.03. The van der Waals surface area contributed by atoms with Crippen molar-refractivity contribution in [2.75, 3.05) is 21.3 Å². The summed E-state index contributed by atoms with van der Waals surface area (Å²) in [6, 6.07) is 20.4. The van der Waals surface area contributed by atoms with E-state index in [-0.39, 0.29) is 50.5 Å². The molecule has 0 spiro atoms. The van der Waals surface area contributed by atoms with Crippen molar-refractivity contribution in [3.8, 4) is 0 Å². The lowest BCUT2D eigenvalue weighted by Gasteiger charge is -2.23. The first-order valence-electron chi connectivity index (χ1n) is 12.5. The van der Waals surface area contributed by atoms with Gasteiger partial charge in [-0.1, -0.05) is 60.7 Å². The Morgan fingerprint density at radius 3 is 1.65 bits per heavy atom. The molecule has 7 heteroatoms. The molecular formula is C30H42BO6. The number of ketones is 2. The molecule has 2 aromatic carbocycles. The summed E-state index contributed by atoms with van der Waals surface area (Å²) in [4.78, 5) is 34.0. The Hall–Kier alpha value is -2.77. The number of ether oxygens (including phenoxy) is 3. The summed E-state index contributed by atoms with van der Waals surface area (Å²) >= 11 is 0. The van der Waals surface area contributed by atoms with Gasteiger partial charge >= 0.3 is 5.97 Å². The normalized spacial score (nSPS) is 12.7. The van der Waals surface area contributed by atoms with E-state index >= 15 is 0 Å². The number of carbonyl (C=O) groups excluding carboxylic acids is 3. The molecule has 0 N–H and O–H groups in total. The van der Waals surface area contributed by atoms with Crippen LogP contribution in [0.2, 0.25) is 0 Å². The smallest absolute Gasteiger partial charge is 0.305 e. The van der Waals surface area contributed by atoms with E-state index in [0.29, 0.717) is 12.8 Å². The number of hydrogen-bond acceptors (Lipinski definition) is 6. The maximum absolute atomic E-state index is 11.8. The van der Waals surface area contributed by atoms with Gasteiger partial charge in [-0.15, -0.1) is 0 Å². The minimum Gasteiger partial charge on any atom is -0.469 e. The molecule has 0 aliphatic carbocycles. The van der Waals surface area contributed by atoms with Gasteiger partial charge in [-0.25, -0.2) is 0 Å². The molecule has 0 saturated carbocycles. The molecule has 201 valence electrons. The van der Waals surface area contributed by atoms with Gasteiger partial charge in [-0.3, -0.25) is 14.4 Å². The average Bonchev–Trinajstić information content (AvgIpc) is 2.89. The van der Waals surface area contributed by atoms with Crippen LogP contribution in [0.25, 0.3) is 0 Å². The Bertz CT molecular complexity index is 887. The molecule has 0 aliphatic heterocycles. The van der Waals surface area contributed by atoms with E-state index in [1.165, 1.54) is 18.2 Å². The van der Waals surface area contributed by atoms with Crippen LogP contribution in [-0.4, -0.2) is 59.5 Å². The standard InChI is InChI=1S/C17H24O4.C13H18O2.B/c1-13(18)15(10-12-17(19)21-3)16(20-2)11-9-14-7-5-4-6-8-14;1-11(14)10-13(15-2)9-8-12-6-4-3-5-7-12;/h4-8,15-16H,9-12H2,1-3H3;3-7,13H,8-10H2,1-2H3;. The SMILES string of the molecule is COC(=O)CCC(C(C)=O)C(CCc1ccccc1)OC.COC(CCc1ccccc1)CC(C)=O.[B]. The number of Topliss-reactive ketones (excluding diaryl/α,β-unsaturated/α-hetero) is 2. The number of aryl methyl sites for hydroxylation is 2. The van der Waals surface area contributed by atoms with Gasteiger partial charge in [0.2, 0.25) is 0 Å². The maximum Gasteiger partial charge on any atom is 0.305 e. The Balaban J connectivity index is 0.000000718. The van der Waals surface area contributed by atoms with E-state index in [2.05, 4.69) is 29.0 Å². The van der Waals surface area contributed by atoms with Crippen LogP contribution in [0.3, 0.4) is 0 Å². The highest BCUT2D eigenvalue weighted by Gasteiger charge is 2.26. The second-order valence-electron chi connectivity index (χ2n) is 8.92. The van der Waals surface area contributed by atoms with Crippen LogP contribution in [0.4, 0.5) is 0 Å². The molecule has 0 saturated heterocycles. The molecule has 3 unspecified atom stereocenters. The van der Waals surface area contributed by atoms with Crippen LogP contribution < -0.4 is 0 Å². The fourth-order valence-electron chi connectivity index (χ4n) is 4.06. The molecule has 37 heavy (non-hydrogen) atoms. The van der Waals surface area contributed by atoms with Gasteiger partial charge in [0.25, 0.3) is 0 Å². The van der Waals surface area contributed by atoms with Crippen molar-refractivity contribution in [2.45, 2.75) is 71.0 Å². The monoisotopic (exact) mass is 509 g/mol. The topological polar surface area (TPSA) is 78.9 Å². The maximum atomic E-state index is 11.8. The second-order valence-corrected chi connectivity index (χ2v) is 8.92. The lowest BCUT2D eigenvalue weighted by molar-refractivity contribution is -0.141. The number of methoxy groups -OCH3 is 3. The molecule has 0 bridgehead atoms. The van der Waals surface area contributed by atoms with Gasteiger partial charge in [-0.05, 0) is 57.1 Å². The summed E-state index contributed by atoms with van der Waals surface area (Å²) in [5.41, 5.74) is 2.51. The number of rotatable bonds is 15. The van der Waals surface area contributed by atoms with Crippen molar-refractivity contribution >= 4 is 25.9 Å². The average molecular weight is 509 g/mol. The molecule has 6 nitrogen and oxygen atoms in total. The first kappa shape index (κ1) is 34.2. The number of benzene rings is 2. The van der Waals surface area contributed by atoms with Crippen LogP contribution in [0.15, 0.2) is 60.7 Å². The van der Waals surface area contributed by atoms with Crippen LogP contribution in [0, 0.1) is 5.92 Å². The summed E-state index contributed by atoms with van der Waals surface area (Å²) < 4.78 is 15.4. The van der Waals surface area contributed by atoms with Crippen molar-refractivity contribution < 1.29 is 28.6 Å². The molecule has 2 aromatic rings. The van der Waals surface area contributed by atoms with Crippen LogP contribution in [0.1, 0.15) is 57.1 Å². The zero-order chi connectivity index (χ0) is 26.8. The molecule has 0 amide bonds. The second kappa shape index (κ2) is 20.3. The predicted molar refractivity (Wildman–Crippen MR) is 148 cm³/mol. The quantitative estimate of drug-likeness (QED) is 0.248. The minimum atomic E-state index is -0.292. The van der Waals surface area contributed by atoms with Gasteiger partial charge < -0.3 is 14.2 Å². The van der Waals surface area contributed by atoms with Gasteiger partial charge in [-0.2, -0.15) is 0 Å². The van der Waals surface area contributed by atoms with Crippen molar-refractivity contribution in [2.24, 2.45) is 5.92 Å². The molecule has 0 fully saturated rings. The molecular weight excluding hydrogens is 467 g/mol. The Labute approximate surface area is 224 Å². The van der Waals surface area contributed by atoms with E-state index in [0.717, 1.165) is 25.7 Å². The van der Waals surface area contributed by atoms with Crippen LogP contribution in [-0.2, 0) is 41.4 Å². The highest BCUT2D eigenvalue weighted by molar-refractivity contribution is 5.79. The van der Waals surface area contributed by atoms with Gasteiger partial charge in [0.1, 0.15) is 11.6 Å². The van der Waals surface area contributed by atoms with E-state index in [9.17, 15) is 14.4 Å². The summed E-state index contributed by atoms with van der Waals surface area (Å²) in [6.07, 6.45) is 4.58.